The predicted octanol–water partition coefficient (Wildman–Crippen LogP) is 6.04. The Morgan fingerprint density at radius 3 is 2.42 bits per heavy atom. The monoisotopic (exact) mass is 410 g/mol. The van der Waals surface area contributed by atoms with Crippen molar-refractivity contribution in [2.24, 2.45) is 0 Å². The fraction of sp³-hybridized carbons (Fsp3) is 0.185. The highest BCUT2D eigenvalue weighted by Gasteiger charge is 2.10. The minimum atomic E-state index is -0.0752. The largest absolute Gasteiger partial charge is 0.494 e. The van der Waals surface area contributed by atoms with Gasteiger partial charge in [0.1, 0.15) is 11.6 Å². The van der Waals surface area contributed by atoms with E-state index in [9.17, 15) is 4.79 Å². The lowest BCUT2D eigenvalue weighted by atomic mass is 10.2. The highest BCUT2D eigenvalue weighted by Crippen LogP contribution is 2.18. The third-order valence-electron chi connectivity index (χ3n) is 5.17. The molecule has 4 nitrogen and oxygen atoms in total. The summed E-state index contributed by atoms with van der Waals surface area (Å²) in [6.45, 7) is 4.91. The van der Waals surface area contributed by atoms with E-state index in [-0.39, 0.29) is 5.56 Å². The number of unbranched alkanes of at least 4 members (excludes halogenated alkanes) is 1. The molecule has 0 atom stereocenters. The normalized spacial score (nSPS) is 11.3. The molecule has 4 rings (SSSR count). The standard InChI is InChI=1S/C27H26N2O2/c1-3-4-19-31-23-16-11-21(12-17-23)13-18-26-28-25-8-6-5-7-24(25)27(30)29(26)22-14-9-20(2)10-15-22/h5-18H,3-4,19H2,1-2H3. The Morgan fingerprint density at radius 1 is 0.935 bits per heavy atom. The predicted molar refractivity (Wildman–Crippen MR) is 128 cm³/mol. The number of nitrogens with zero attached hydrogens (tertiary/aromatic N) is 2. The van der Waals surface area contributed by atoms with Gasteiger partial charge in [-0.3, -0.25) is 9.36 Å². The van der Waals surface area contributed by atoms with Gasteiger partial charge in [-0.25, -0.2) is 4.98 Å². The molecule has 156 valence electrons. The van der Waals surface area contributed by atoms with Crippen LogP contribution < -0.4 is 10.3 Å². The van der Waals surface area contributed by atoms with E-state index in [0.717, 1.165) is 42.0 Å². The minimum Gasteiger partial charge on any atom is -0.494 e. The van der Waals surface area contributed by atoms with Gasteiger partial charge in [0, 0.05) is 0 Å². The quantitative estimate of drug-likeness (QED) is 0.349. The zero-order chi connectivity index (χ0) is 21.6. The summed E-state index contributed by atoms with van der Waals surface area (Å²) in [6.07, 6.45) is 6.02. The SMILES string of the molecule is CCCCOc1ccc(C=Cc2nc3ccccc3c(=O)n2-c2ccc(C)cc2)cc1. The zero-order valence-electron chi connectivity index (χ0n) is 17.9. The van der Waals surface area contributed by atoms with Crippen molar-refractivity contribution in [2.75, 3.05) is 6.61 Å². The molecule has 4 heteroatoms. The molecule has 4 aromatic rings. The average Bonchev–Trinajstić information content (AvgIpc) is 2.80. The van der Waals surface area contributed by atoms with Crippen molar-refractivity contribution in [3.8, 4) is 11.4 Å². The summed E-state index contributed by atoms with van der Waals surface area (Å²) in [7, 11) is 0. The van der Waals surface area contributed by atoms with Crippen LogP contribution in [0.3, 0.4) is 0 Å². The fourth-order valence-corrected chi connectivity index (χ4v) is 3.39. The van der Waals surface area contributed by atoms with Crippen molar-refractivity contribution >= 4 is 23.1 Å². The van der Waals surface area contributed by atoms with Crippen LogP contribution in [0.1, 0.15) is 36.7 Å². The van der Waals surface area contributed by atoms with Crippen molar-refractivity contribution < 1.29 is 4.74 Å². The molecule has 0 fully saturated rings. The lowest BCUT2D eigenvalue weighted by Gasteiger charge is -2.12. The number of hydrogen-bond acceptors (Lipinski definition) is 3. The number of rotatable bonds is 7. The van der Waals surface area contributed by atoms with Crippen molar-refractivity contribution in [2.45, 2.75) is 26.7 Å². The number of hydrogen-bond donors (Lipinski definition) is 0. The highest BCUT2D eigenvalue weighted by atomic mass is 16.5. The Hall–Kier alpha value is -3.66. The molecule has 0 radical (unpaired) electrons. The minimum absolute atomic E-state index is 0.0752. The van der Waals surface area contributed by atoms with Gasteiger partial charge >= 0.3 is 0 Å². The summed E-state index contributed by atoms with van der Waals surface area (Å²) in [4.78, 5) is 18.1. The molecule has 0 saturated carbocycles. The Kier molecular flexibility index (Phi) is 6.27. The van der Waals surface area contributed by atoms with Gasteiger partial charge in [-0.15, -0.1) is 0 Å². The average molecular weight is 411 g/mol. The number of aromatic nitrogens is 2. The molecular formula is C27H26N2O2. The fourth-order valence-electron chi connectivity index (χ4n) is 3.39. The van der Waals surface area contributed by atoms with Crippen LogP contribution in [0.15, 0.2) is 77.6 Å². The maximum atomic E-state index is 13.3. The molecular weight excluding hydrogens is 384 g/mol. The van der Waals surface area contributed by atoms with Gasteiger partial charge in [0.2, 0.25) is 0 Å². The van der Waals surface area contributed by atoms with Crippen LogP contribution in [0.2, 0.25) is 0 Å². The first kappa shape index (κ1) is 20.6. The molecule has 0 N–H and O–H groups in total. The Balaban J connectivity index is 1.71. The molecule has 0 aliphatic rings. The van der Waals surface area contributed by atoms with Gasteiger partial charge in [0.05, 0.1) is 23.2 Å². The first-order valence-electron chi connectivity index (χ1n) is 10.7. The first-order chi connectivity index (χ1) is 15.2. The first-order valence-corrected chi connectivity index (χ1v) is 10.7. The number of benzene rings is 3. The summed E-state index contributed by atoms with van der Waals surface area (Å²) < 4.78 is 7.40. The molecule has 0 saturated heterocycles. The van der Waals surface area contributed by atoms with E-state index in [2.05, 4.69) is 6.92 Å². The van der Waals surface area contributed by atoms with Gasteiger partial charge in [-0.1, -0.05) is 61.4 Å². The molecule has 31 heavy (non-hydrogen) atoms. The lowest BCUT2D eigenvalue weighted by Crippen LogP contribution is -2.22. The van der Waals surface area contributed by atoms with Crippen molar-refractivity contribution in [1.29, 1.82) is 0 Å². The van der Waals surface area contributed by atoms with E-state index in [1.54, 1.807) is 4.57 Å². The Labute approximate surface area is 182 Å². The van der Waals surface area contributed by atoms with Gasteiger partial charge in [-0.05, 0) is 61.4 Å². The molecule has 0 aliphatic heterocycles. The third kappa shape index (κ3) is 4.75. The van der Waals surface area contributed by atoms with E-state index < -0.39 is 0 Å². The Bertz CT molecular complexity index is 1250. The van der Waals surface area contributed by atoms with Gasteiger partial charge in [0.25, 0.3) is 5.56 Å². The van der Waals surface area contributed by atoms with Crippen LogP contribution >= 0.6 is 0 Å². The van der Waals surface area contributed by atoms with E-state index in [1.165, 1.54) is 0 Å². The van der Waals surface area contributed by atoms with Crippen LogP contribution in [0.5, 0.6) is 5.75 Å². The molecule has 0 aliphatic carbocycles. The summed E-state index contributed by atoms with van der Waals surface area (Å²) in [5.41, 5.74) is 3.57. The molecule has 0 spiro atoms. The van der Waals surface area contributed by atoms with Crippen LogP contribution in [0, 0.1) is 6.92 Å². The molecule has 0 unspecified atom stereocenters. The molecule has 1 aromatic heterocycles. The molecule has 0 bridgehead atoms. The van der Waals surface area contributed by atoms with Crippen LogP contribution in [0.4, 0.5) is 0 Å². The molecule has 0 amide bonds. The van der Waals surface area contributed by atoms with E-state index in [0.29, 0.717) is 16.7 Å². The van der Waals surface area contributed by atoms with Crippen LogP contribution in [-0.4, -0.2) is 16.2 Å². The second-order valence-corrected chi connectivity index (χ2v) is 7.57. The van der Waals surface area contributed by atoms with E-state index >= 15 is 0 Å². The molecule has 3 aromatic carbocycles. The summed E-state index contributed by atoms with van der Waals surface area (Å²) in [5, 5.41) is 0.605. The second-order valence-electron chi connectivity index (χ2n) is 7.57. The molecule has 1 heterocycles. The summed E-state index contributed by atoms with van der Waals surface area (Å²) in [5.74, 6) is 1.46. The maximum Gasteiger partial charge on any atom is 0.266 e. The van der Waals surface area contributed by atoms with Gasteiger partial charge < -0.3 is 4.74 Å². The second kappa shape index (κ2) is 9.43. The number of fused-ring (bicyclic) bond motifs is 1. The smallest absolute Gasteiger partial charge is 0.266 e. The number of ether oxygens (including phenoxy) is 1. The summed E-state index contributed by atoms with van der Waals surface area (Å²) >= 11 is 0. The van der Waals surface area contributed by atoms with Crippen molar-refractivity contribution in [3.05, 3.63) is 100 Å². The number of aryl methyl sites for hydroxylation is 1. The summed E-state index contributed by atoms with van der Waals surface area (Å²) in [6, 6.07) is 23.3. The zero-order valence-corrected chi connectivity index (χ0v) is 17.9. The third-order valence-corrected chi connectivity index (χ3v) is 5.17. The van der Waals surface area contributed by atoms with Crippen LogP contribution in [-0.2, 0) is 0 Å². The van der Waals surface area contributed by atoms with Crippen molar-refractivity contribution in [3.63, 3.8) is 0 Å². The van der Waals surface area contributed by atoms with Gasteiger partial charge in [0.15, 0.2) is 0 Å². The Morgan fingerprint density at radius 2 is 1.68 bits per heavy atom. The topological polar surface area (TPSA) is 44.1 Å². The van der Waals surface area contributed by atoms with E-state index in [1.807, 2.05) is 91.9 Å². The maximum absolute atomic E-state index is 13.3. The van der Waals surface area contributed by atoms with Gasteiger partial charge in [-0.2, -0.15) is 0 Å². The van der Waals surface area contributed by atoms with E-state index in [4.69, 9.17) is 9.72 Å². The number of para-hydroxylation sites is 1. The highest BCUT2D eigenvalue weighted by molar-refractivity contribution is 5.80. The van der Waals surface area contributed by atoms with Crippen LogP contribution in [0.25, 0.3) is 28.7 Å². The lowest BCUT2D eigenvalue weighted by molar-refractivity contribution is 0.309. The van der Waals surface area contributed by atoms with Crippen molar-refractivity contribution in [1.82, 2.24) is 9.55 Å².